The van der Waals surface area contributed by atoms with E-state index < -0.39 is 0 Å². The first-order chi connectivity index (χ1) is 10.3. The molecule has 0 amide bonds. The normalized spacial score (nSPS) is 23.0. The summed E-state index contributed by atoms with van der Waals surface area (Å²) < 4.78 is 0. The summed E-state index contributed by atoms with van der Waals surface area (Å²) in [5.74, 6) is 0.433. The third-order valence-electron chi connectivity index (χ3n) is 4.47. The summed E-state index contributed by atoms with van der Waals surface area (Å²) in [5.41, 5.74) is 2.23. The van der Waals surface area contributed by atoms with Gasteiger partial charge in [-0.2, -0.15) is 0 Å². The van der Waals surface area contributed by atoms with Gasteiger partial charge in [-0.15, -0.1) is 6.58 Å². The second-order valence-electron chi connectivity index (χ2n) is 6.68. The van der Waals surface area contributed by atoms with Gasteiger partial charge in [0.2, 0.25) is 0 Å². The number of hydrogen-bond acceptors (Lipinski definition) is 3. The molecule has 1 aliphatic heterocycles. The van der Waals surface area contributed by atoms with Crippen LogP contribution >= 0.6 is 0 Å². The Balaban J connectivity index is 2.73. The Morgan fingerprint density at radius 3 is 2.59 bits per heavy atom. The standard InChI is InChI=1S/C19H32N2O/c1-8-9-10-18(13(2)3)21-15(6)17(20-16(21)7)11-12-19(22)14(4)5/h8,14,16-18,20H,1-2,6,9-12H2,3-5,7H3. The Morgan fingerprint density at radius 1 is 1.45 bits per heavy atom. The molecule has 1 saturated heterocycles. The van der Waals surface area contributed by atoms with Gasteiger partial charge >= 0.3 is 0 Å². The molecule has 1 heterocycles. The molecule has 0 spiro atoms. The van der Waals surface area contributed by atoms with Crippen molar-refractivity contribution >= 4 is 5.78 Å². The van der Waals surface area contributed by atoms with Crippen molar-refractivity contribution in [3.8, 4) is 0 Å². The summed E-state index contributed by atoms with van der Waals surface area (Å²) in [4.78, 5) is 14.2. The maximum Gasteiger partial charge on any atom is 0.135 e. The summed E-state index contributed by atoms with van der Waals surface area (Å²) in [6.07, 6.45) is 5.57. The fourth-order valence-electron chi connectivity index (χ4n) is 3.09. The molecule has 0 aliphatic carbocycles. The van der Waals surface area contributed by atoms with Crippen molar-refractivity contribution in [1.82, 2.24) is 10.2 Å². The van der Waals surface area contributed by atoms with Gasteiger partial charge in [-0.1, -0.05) is 38.7 Å². The molecule has 22 heavy (non-hydrogen) atoms. The highest BCUT2D eigenvalue weighted by Gasteiger charge is 2.35. The molecule has 124 valence electrons. The van der Waals surface area contributed by atoms with E-state index in [1.54, 1.807) is 0 Å². The zero-order valence-corrected chi connectivity index (χ0v) is 14.7. The molecule has 1 fully saturated rings. The van der Waals surface area contributed by atoms with Crippen LogP contribution in [-0.4, -0.2) is 28.9 Å². The lowest BCUT2D eigenvalue weighted by molar-refractivity contribution is -0.122. The summed E-state index contributed by atoms with van der Waals surface area (Å²) in [6, 6.07) is 0.460. The Labute approximate surface area is 136 Å². The van der Waals surface area contributed by atoms with Gasteiger partial charge in [-0.3, -0.25) is 10.1 Å². The maximum absolute atomic E-state index is 11.9. The minimum Gasteiger partial charge on any atom is -0.352 e. The lowest BCUT2D eigenvalue weighted by atomic mass is 9.99. The molecule has 3 heteroatoms. The molecule has 0 aromatic carbocycles. The molecule has 1 rings (SSSR count). The smallest absolute Gasteiger partial charge is 0.135 e. The zero-order chi connectivity index (χ0) is 16.9. The number of nitrogens with zero attached hydrogens (tertiary/aromatic N) is 1. The molecule has 0 aromatic heterocycles. The third kappa shape index (κ3) is 4.57. The van der Waals surface area contributed by atoms with E-state index in [-0.39, 0.29) is 24.2 Å². The third-order valence-corrected chi connectivity index (χ3v) is 4.47. The predicted molar refractivity (Wildman–Crippen MR) is 94.5 cm³/mol. The fraction of sp³-hybridized carbons (Fsp3) is 0.632. The minimum absolute atomic E-state index is 0.110. The van der Waals surface area contributed by atoms with Crippen molar-refractivity contribution in [1.29, 1.82) is 0 Å². The van der Waals surface area contributed by atoms with Crippen LogP contribution in [0.5, 0.6) is 0 Å². The fourth-order valence-corrected chi connectivity index (χ4v) is 3.09. The lowest BCUT2D eigenvalue weighted by Gasteiger charge is -2.34. The number of hydrogen-bond donors (Lipinski definition) is 1. The Morgan fingerprint density at radius 2 is 2.09 bits per heavy atom. The highest BCUT2D eigenvalue weighted by molar-refractivity contribution is 5.80. The van der Waals surface area contributed by atoms with Gasteiger partial charge in [0.05, 0.1) is 12.2 Å². The van der Waals surface area contributed by atoms with E-state index in [2.05, 4.69) is 43.8 Å². The molecule has 3 unspecified atom stereocenters. The Hall–Kier alpha value is -1.35. The van der Waals surface area contributed by atoms with Crippen molar-refractivity contribution in [3.63, 3.8) is 0 Å². The molecule has 1 aliphatic rings. The Bertz CT molecular complexity index is 439. The first-order valence-corrected chi connectivity index (χ1v) is 8.31. The van der Waals surface area contributed by atoms with Crippen LogP contribution in [0.1, 0.15) is 53.4 Å². The van der Waals surface area contributed by atoms with Crippen molar-refractivity contribution in [2.75, 3.05) is 0 Å². The van der Waals surface area contributed by atoms with Crippen LogP contribution in [0.4, 0.5) is 0 Å². The lowest BCUT2D eigenvalue weighted by Crippen LogP contribution is -2.40. The SMILES string of the molecule is C=CCCC(C(=C)C)N1C(=C)C(CCC(=O)C(C)C)NC1C. The van der Waals surface area contributed by atoms with Gasteiger partial charge in [0.1, 0.15) is 5.78 Å². The monoisotopic (exact) mass is 304 g/mol. The largest absolute Gasteiger partial charge is 0.352 e. The molecular formula is C19H32N2O. The van der Waals surface area contributed by atoms with Crippen molar-refractivity contribution in [2.45, 2.75) is 71.6 Å². The topological polar surface area (TPSA) is 32.3 Å². The second-order valence-corrected chi connectivity index (χ2v) is 6.68. The van der Waals surface area contributed by atoms with Crippen molar-refractivity contribution in [2.24, 2.45) is 5.92 Å². The van der Waals surface area contributed by atoms with Crippen LogP contribution in [0.2, 0.25) is 0 Å². The van der Waals surface area contributed by atoms with Crippen LogP contribution in [0, 0.1) is 5.92 Å². The van der Waals surface area contributed by atoms with Crippen molar-refractivity contribution in [3.05, 3.63) is 37.1 Å². The number of ketones is 1. The van der Waals surface area contributed by atoms with Gasteiger partial charge in [0.15, 0.2) is 0 Å². The second kappa shape index (κ2) is 8.33. The highest BCUT2D eigenvalue weighted by atomic mass is 16.1. The average Bonchev–Trinajstić information content (AvgIpc) is 2.72. The van der Waals surface area contributed by atoms with Gasteiger partial charge in [-0.25, -0.2) is 0 Å². The number of nitrogens with one attached hydrogen (secondary N) is 1. The molecule has 1 N–H and O–H groups in total. The molecule has 0 aromatic rings. The molecule has 3 atom stereocenters. The minimum atomic E-state index is 0.110. The number of carbonyl (C=O) groups is 1. The van der Waals surface area contributed by atoms with E-state index in [1.807, 2.05) is 19.9 Å². The van der Waals surface area contributed by atoms with E-state index in [1.165, 1.54) is 0 Å². The number of Topliss-reactive ketones (excluding diaryl/α,β-unsaturated/α-hetero) is 1. The number of carbonyl (C=O) groups excluding carboxylic acids is 1. The van der Waals surface area contributed by atoms with Crippen LogP contribution in [0.25, 0.3) is 0 Å². The van der Waals surface area contributed by atoms with Crippen LogP contribution < -0.4 is 5.32 Å². The van der Waals surface area contributed by atoms with Gasteiger partial charge in [0.25, 0.3) is 0 Å². The molecular weight excluding hydrogens is 272 g/mol. The summed E-state index contributed by atoms with van der Waals surface area (Å²) in [5, 5.41) is 3.57. The highest BCUT2D eigenvalue weighted by Crippen LogP contribution is 2.30. The van der Waals surface area contributed by atoms with Crippen LogP contribution in [0.15, 0.2) is 37.1 Å². The van der Waals surface area contributed by atoms with E-state index in [0.29, 0.717) is 12.2 Å². The van der Waals surface area contributed by atoms with Crippen molar-refractivity contribution < 1.29 is 4.79 Å². The van der Waals surface area contributed by atoms with E-state index >= 15 is 0 Å². The summed E-state index contributed by atoms with van der Waals surface area (Å²) >= 11 is 0. The predicted octanol–water partition coefficient (Wildman–Crippen LogP) is 4.04. The van der Waals surface area contributed by atoms with E-state index in [0.717, 1.165) is 30.5 Å². The van der Waals surface area contributed by atoms with Gasteiger partial charge in [-0.05, 0) is 33.1 Å². The number of allylic oxidation sites excluding steroid dienone is 1. The summed E-state index contributed by atoms with van der Waals surface area (Å²) in [7, 11) is 0. The average molecular weight is 304 g/mol. The van der Waals surface area contributed by atoms with Gasteiger partial charge < -0.3 is 4.90 Å². The van der Waals surface area contributed by atoms with E-state index in [9.17, 15) is 4.79 Å². The molecule has 3 nitrogen and oxygen atoms in total. The molecule has 0 radical (unpaired) electrons. The number of rotatable bonds is 9. The first kappa shape index (κ1) is 18.7. The van der Waals surface area contributed by atoms with Gasteiger partial charge in [0, 0.05) is 24.1 Å². The van der Waals surface area contributed by atoms with E-state index in [4.69, 9.17) is 0 Å². The molecule has 0 bridgehead atoms. The maximum atomic E-state index is 11.9. The quantitative estimate of drug-likeness (QED) is 0.653. The zero-order valence-electron chi connectivity index (χ0n) is 14.7. The van der Waals surface area contributed by atoms with Crippen LogP contribution in [-0.2, 0) is 4.79 Å². The summed E-state index contributed by atoms with van der Waals surface area (Å²) in [6.45, 7) is 20.4. The first-order valence-electron chi connectivity index (χ1n) is 8.31. The molecule has 0 saturated carbocycles. The van der Waals surface area contributed by atoms with Crippen LogP contribution in [0.3, 0.4) is 0 Å². The Kier molecular flexibility index (Phi) is 7.08.